The first-order valence-corrected chi connectivity index (χ1v) is 7.33. The van der Waals surface area contributed by atoms with Gasteiger partial charge in [-0.05, 0) is 51.5 Å². The molecule has 1 heterocycles. The molecule has 3 nitrogen and oxygen atoms in total. The van der Waals surface area contributed by atoms with Crippen LogP contribution < -0.4 is 10.2 Å². The van der Waals surface area contributed by atoms with Crippen LogP contribution in [-0.2, 0) is 6.54 Å². The molecule has 1 fully saturated rings. The van der Waals surface area contributed by atoms with E-state index in [1.165, 1.54) is 43.7 Å². The van der Waals surface area contributed by atoms with Crippen molar-refractivity contribution in [3.8, 4) is 0 Å². The van der Waals surface area contributed by atoms with E-state index in [1.807, 2.05) is 7.05 Å². The topological polar surface area (TPSA) is 18.5 Å². The van der Waals surface area contributed by atoms with Crippen molar-refractivity contribution in [2.24, 2.45) is 5.92 Å². The van der Waals surface area contributed by atoms with Crippen LogP contribution in [0.3, 0.4) is 0 Å². The number of anilines is 1. The van der Waals surface area contributed by atoms with E-state index in [2.05, 4.69) is 53.5 Å². The van der Waals surface area contributed by atoms with Crippen molar-refractivity contribution in [1.82, 2.24) is 10.2 Å². The van der Waals surface area contributed by atoms with Gasteiger partial charge in [0.15, 0.2) is 0 Å². The SMILES string of the molecule is CNCc1ccccc1N1CCC(CN(C)C)CC1. The molecular formula is C16H27N3. The third kappa shape index (κ3) is 3.95. The molecular weight excluding hydrogens is 234 g/mol. The lowest BCUT2D eigenvalue weighted by Gasteiger charge is -2.35. The van der Waals surface area contributed by atoms with Gasteiger partial charge in [-0.15, -0.1) is 0 Å². The Kier molecular flexibility index (Phi) is 5.23. The lowest BCUT2D eigenvalue weighted by atomic mass is 9.95. The normalized spacial score (nSPS) is 17.2. The number of benzene rings is 1. The highest BCUT2D eigenvalue weighted by molar-refractivity contribution is 5.53. The lowest BCUT2D eigenvalue weighted by molar-refractivity contribution is 0.285. The van der Waals surface area contributed by atoms with E-state index in [9.17, 15) is 0 Å². The zero-order valence-corrected chi connectivity index (χ0v) is 12.5. The van der Waals surface area contributed by atoms with Crippen LogP contribution in [-0.4, -0.2) is 45.7 Å². The fourth-order valence-corrected chi connectivity index (χ4v) is 3.03. The number of nitrogens with one attached hydrogen (secondary N) is 1. The molecule has 19 heavy (non-hydrogen) atoms. The van der Waals surface area contributed by atoms with Crippen LogP contribution in [0.2, 0.25) is 0 Å². The van der Waals surface area contributed by atoms with Gasteiger partial charge in [0.1, 0.15) is 0 Å². The van der Waals surface area contributed by atoms with Gasteiger partial charge in [-0.3, -0.25) is 0 Å². The van der Waals surface area contributed by atoms with Gasteiger partial charge < -0.3 is 15.1 Å². The fourth-order valence-electron chi connectivity index (χ4n) is 3.03. The number of rotatable bonds is 5. The van der Waals surface area contributed by atoms with E-state index in [0.29, 0.717) is 0 Å². The molecule has 0 amide bonds. The van der Waals surface area contributed by atoms with Crippen LogP contribution in [0, 0.1) is 5.92 Å². The van der Waals surface area contributed by atoms with E-state index < -0.39 is 0 Å². The molecule has 0 saturated carbocycles. The summed E-state index contributed by atoms with van der Waals surface area (Å²) in [5.74, 6) is 0.864. The first-order valence-electron chi connectivity index (χ1n) is 7.33. The molecule has 0 bridgehead atoms. The summed E-state index contributed by atoms with van der Waals surface area (Å²) >= 11 is 0. The molecule has 1 N–H and O–H groups in total. The summed E-state index contributed by atoms with van der Waals surface area (Å²) in [7, 11) is 6.36. The van der Waals surface area contributed by atoms with E-state index in [4.69, 9.17) is 0 Å². The summed E-state index contributed by atoms with van der Waals surface area (Å²) < 4.78 is 0. The Hall–Kier alpha value is -1.06. The number of piperidine rings is 1. The van der Waals surface area contributed by atoms with Gasteiger partial charge in [0.05, 0.1) is 0 Å². The molecule has 106 valence electrons. The van der Waals surface area contributed by atoms with Gasteiger partial charge in [-0.1, -0.05) is 18.2 Å². The highest BCUT2D eigenvalue weighted by atomic mass is 15.1. The Bertz CT molecular complexity index is 381. The van der Waals surface area contributed by atoms with Crippen LogP contribution in [0.5, 0.6) is 0 Å². The van der Waals surface area contributed by atoms with Crippen LogP contribution in [0.4, 0.5) is 5.69 Å². The van der Waals surface area contributed by atoms with Crippen molar-refractivity contribution < 1.29 is 0 Å². The minimum Gasteiger partial charge on any atom is -0.371 e. The number of hydrogen-bond acceptors (Lipinski definition) is 3. The molecule has 0 aromatic heterocycles. The van der Waals surface area contributed by atoms with Gasteiger partial charge in [-0.25, -0.2) is 0 Å². The summed E-state index contributed by atoms with van der Waals surface area (Å²) in [4.78, 5) is 4.87. The molecule has 0 radical (unpaired) electrons. The monoisotopic (exact) mass is 261 g/mol. The van der Waals surface area contributed by atoms with E-state index in [1.54, 1.807) is 0 Å². The summed E-state index contributed by atoms with van der Waals surface area (Å²) in [5.41, 5.74) is 2.83. The summed E-state index contributed by atoms with van der Waals surface area (Å²) in [5, 5.41) is 3.27. The maximum Gasteiger partial charge on any atom is 0.0411 e. The second kappa shape index (κ2) is 6.92. The Balaban J connectivity index is 1.97. The highest BCUT2D eigenvalue weighted by Gasteiger charge is 2.20. The van der Waals surface area contributed by atoms with E-state index >= 15 is 0 Å². The van der Waals surface area contributed by atoms with Crippen molar-refractivity contribution in [3.05, 3.63) is 29.8 Å². The molecule has 1 aromatic rings. The molecule has 0 atom stereocenters. The maximum absolute atomic E-state index is 3.27. The molecule has 0 spiro atoms. The summed E-state index contributed by atoms with van der Waals surface area (Å²) in [6, 6.07) is 8.78. The predicted octanol–water partition coefficient (Wildman–Crippen LogP) is 2.18. The van der Waals surface area contributed by atoms with E-state index in [-0.39, 0.29) is 0 Å². The number of para-hydroxylation sites is 1. The average Bonchev–Trinajstić information content (AvgIpc) is 2.40. The zero-order valence-electron chi connectivity index (χ0n) is 12.5. The first-order chi connectivity index (χ1) is 9.20. The highest BCUT2D eigenvalue weighted by Crippen LogP contribution is 2.26. The van der Waals surface area contributed by atoms with Crippen LogP contribution >= 0.6 is 0 Å². The predicted molar refractivity (Wildman–Crippen MR) is 82.7 cm³/mol. The van der Waals surface area contributed by atoms with Gasteiger partial charge in [0, 0.05) is 31.9 Å². The van der Waals surface area contributed by atoms with Gasteiger partial charge in [0.2, 0.25) is 0 Å². The van der Waals surface area contributed by atoms with Crippen molar-refractivity contribution in [1.29, 1.82) is 0 Å². The molecule has 1 aliphatic rings. The smallest absolute Gasteiger partial charge is 0.0411 e. The molecule has 1 aromatic carbocycles. The maximum atomic E-state index is 3.27. The second-order valence-corrected chi connectivity index (χ2v) is 5.85. The third-order valence-electron chi connectivity index (χ3n) is 3.94. The van der Waals surface area contributed by atoms with Crippen molar-refractivity contribution in [2.75, 3.05) is 45.7 Å². The van der Waals surface area contributed by atoms with Crippen molar-refractivity contribution in [3.63, 3.8) is 0 Å². The standard InChI is InChI=1S/C16H27N3/c1-17-12-15-6-4-5-7-16(15)19-10-8-14(9-11-19)13-18(2)3/h4-7,14,17H,8-13H2,1-3H3. The molecule has 3 heteroatoms. The van der Waals surface area contributed by atoms with Crippen molar-refractivity contribution in [2.45, 2.75) is 19.4 Å². The van der Waals surface area contributed by atoms with Crippen LogP contribution in [0.25, 0.3) is 0 Å². The van der Waals surface area contributed by atoms with Gasteiger partial charge >= 0.3 is 0 Å². The van der Waals surface area contributed by atoms with Crippen molar-refractivity contribution >= 4 is 5.69 Å². The van der Waals surface area contributed by atoms with Gasteiger partial charge in [0.25, 0.3) is 0 Å². The average molecular weight is 261 g/mol. The lowest BCUT2D eigenvalue weighted by Crippen LogP contribution is -2.37. The largest absolute Gasteiger partial charge is 0.371 e. The Morgan fingerprint density at radius 2 is 1.89 bits per heavy atom. The Morgan fingerprint density at radius 1 is 1.21 bits per heavy atom. The molecule has 0 aliphatic carbocycles. The van der Waals surface area contributed by atoms with Crippen LogP contribution in [0.15, 0.2) is 24.3 Å². The molecule has 2 rings (SSSR count). The first kappa shape index (κ1) is 14.4. The quantitative estimate of drug-likeness (QED) is 0.876. The Morgan fingerprint density at radius 3 is 2.53 bits per heavy atom. The summed E-state index contributed by atoms with van der Waals surface area (Å²) in [6.45, 7) is 4.57. The summed E-state index contributed by atoms with van der Waals surface area (Å²) in [6.07, 6.45) is 2.62. The minimum absolute atomic E-state index is 0.864. The second-order valence-electron chi connectivity index (χ2n) is 5.85. The third-order valence-corrected chi connectivity index (χ3v) is 3.94. The van der Waals surface area contributed by atoms with Crippen LogP contribution in [0.1, 0.15) is 18.4 Å². The molecule has 0 unspecified atom stereocenters. The zero-order chi connectivity index (χ0) is 13.7. The molecule has 1 saturated heterocycles. The number of hydrogen-bond donors (Lipinski definition) is 1. The fraction of sp³-hybridized carbons (Fsp3) is 0.625. The Labute approximate surface area is 117 Å². The number of nitrogens with zero attached hydrogens (tertiary/aromatic N) is 2. The van der Waals surface area contributed by atoms with E-state index in [0.717, 1.165) is 12.5 Å². The molecule has 1 aliphatic heterocycles. The van der Waals surface area contributed by atoms with Gasteiger partial charge in [-0.2, -0.15) is 0 Å². The minimum atomic E-state index is 0.864.